The summed E-state index contributed by atoms with van der Waals surface area (Å²) in [6.45, 7) is 3.91. The highest BCUT2D eigenvalue weighted by Crippen LogP contribution is 2.27. The van der Waals surface area contributed by atoms with Crippen LogP contribution in [0.4, 0.5) is 5.69 Å². The van der Waals surface area contributed by atoms with Crippen molar-refractivity contribution < 1.29 is 4.79 Å². The molecule has 84 valence electrons. The van der Waals surface area contributed by atoms with E-state index < -0.39 is 0 Å². The largest absolute Gasteiger partial charge is 0.272 e. The molecule has 0 N–H and O–H groups in total. The van der Waals surface area contributed by atoms with Crippen LogP contribution in [-0.2, 0) is 4.79 Å². The highest BCUT2D eigenvalue weighted by Gasteiger charge is 2.32. The van der Waals surface area contributed by atoms with Crippen LogP contribution in [0.15, 0.2) is 33.8 Å². The second kappa shape index (κ2) is 4.37. The Labute approximate surface area is 103 Å². The van der Waals surface area contributed by atoms with Crippen LogP contribution < -0.4 is 5.01 Å². The summed E-state index contributed by atoms with van der Waals surface area (Å²) in [7, 11) is 0. The van der Waals surface area contributed by atoms with Crippen molar-refractivity contribution in [3.63, 3.8) is 0 Å². The number of nitrogens with zero attached hydrogens (tertiary/aromatic N) is 2. The number of carbonyl (C=O) groups excluding carboxylic acids is 1. The first-order valence-electron chi connectivity index (χ1n) is 5.28. The summed E-state index contributed by atoms with van der Waals surface area (Å²) in [5, 5.41) is 5.81. The van der Waals surface area contributed by atoms with Crippen LogP contribution in [0.3, 0.4) is 0 Å². The highest BCUT2D eigenvalue weighted by atomic mass is 79.9. The average molecular weight is 281 g/mol. The SMILES string of the molecule is CCC1C(=O)N(c2cccc(Br)c2)N=C1C. The fourth-order valence-corrected chi connectivity index (χ4v) is 2.25. The summed E-state index contributed by atoms with van der Waals surface area (Å²) in [5.74, 6) is 0.0112. The minimum Gasteiger partial charge on any atom is -0.272 e. The van der Waals surface area contributed by atoms with Gasteiger partial charge in [0.25, 0.3) is 5.91 Å². The molecule has 1 aliphatic heterocycles. The van der Waals surface area contributed by atoms with E-state index in [0.29, 0.717) is 0 Å². The quantitative estimate of drug-likeness (QED) is 0.819. The van der Waals surface area contributed by atoms with Crippen LogP contribution in [0.25, 0.3) is 0 Å². The lowest BCUT2D eigenvalue weighted by atomic mass is 10.0. The lowest BCUT2D eigenvalue weighted by Crippen LogP contribution is -2.26. The average Bonchev–Trinajstić information content (AvgIpc) is 2.54. The molecular formula is C12H13BrN2O. The summed E-state index contributed by atoms with van der Waals surface area (Å²) < 4.78 is 0.950. The summed E-state index contributed by atoms with van der Waals surface area (Å²) >= 11 is 3.39. The molecule has 0 saturated heterocycles. The van der Waals surface area contributed by atoms with Crippen LogP contribution in [0.1, 0.15) is 20.3 Å². The predicted molar refractivity (Wildman–Crippen MR) is 68.5 cm³/mol. The van der Waals surface area contributed by atoms with Crippen molar-refractivity contribution in [2.24, 2.45) is 11.0 Å². The van der Waals surface area contributed by atoms with Gasteiger partial charge in [-0.2, -0.15) is 5.10 Å². The van der Waals surface area contributed by atoms with Crippen LogP contribution in [-0.4, -0.2) is 11.6 Å². The van der Waals surface area contributed by atoms with Crippen molar-refractivity contribution in [3.8, 4) is 0 Å². The van der Waals surface area contributed by atoms with Crippen LogP contribution in [0.2, 0.25) is 0 Å². The van der Waals surface area contributed by atoms with Crippen molar-refractivity contribution in [1.82, 2.24) is 0 Å². The fourth-order valence-electron chi connectivity index (χ4n) is 1.87. The zero-order valence-corrected chi connectivity index (χ0v) is 10.9. The zero-order chi connectivity index (χ0) is 11.7. The van der Waals surface area contributed by atoms with Gasteiger partial charge in [-0.25, -0.2) is 5.01 Å². The van der Waals surface area contributed by atoms with Gasteiger partial charge in [-0.05, 0) is 31.5 Å². The van der Waals surface area contributed by atoms with Gasteiger partial charge in [0.15, 0.2) is 0 Å². The maximum Gasteiger partial charge on any atom is 0.256 e. The van der Waals surface area contributed by atoms with Gasteiger partial charge in [-0.1, -0.05) is 28.9 Å². The maximum absolute atomic E-state index is 12.1. The summed E-state index contributed by atoms with van der Waals surface area (Å²) in [6.07, 6.45) is 0.804. The van der Waals surface area contributed by atoms with Crippen LogP contribution in [0.5, 0.6) is 0 Å². The number of hydrazone groups is 1. The molecule has 3 nitrogen and oxygen atoms in total. The van der Waals surface area contributed by atoms with Crippen molar-refractivity contribution >= 4 is 33.2 Å². The van der Waals surface area contributed by atoms with Crippen molar-refractivity contribution in [1.29, 1.82) is 0 Å². The Morgan fingerprint density at radius 3 is 2.81 bits per heavy atom. The number of anilines is 1. The van der Waals surface area contributed by atoms with E-state index in [2.05, 4.69) is 21.0 Å². The molecule has 1 unspecified atom stereocenters. The molecule has 0 aliphatic carbocycles. The molecule has 1 aromatic carbocycles. The Bertz CT molecular complexity index is 456. The van der Waals surface area contributed by atoms with Crippen molar-refractivity contribution in [2.75, 3.05) is 5.01 Å². The highest BCUT2D eigenvalue weighted by molar-refractivity contribution is 9.10. The molecule has 2 rings (SSSR count). The van der Waals surface area contributed by atoms with Gasteiger partial charge < -0.3 is 0 Å². The first kappa shape index (κ1) is 11.3. The van der Waals surface area contributed by atoms with Crippen molar-refractivity contribution in [3.05, 3.63) is 28.7 Å². The van der Waals surface area contributed by atoms with Gasteiger partial charge in [0.1, 0.15) is 0 Å². The second-order valence-electron chi connectivity index (χ2n) is 3.83. The molecule has 1 aliphatic rings. The number of hydrogen-bond acceptors (Lipinski definition) is 2. The van der Waals surface area contributed by atoms with E-state index in [1.165, 1.54) is 5.01 Å². The van der Waals surface area contributed by atoms with E-state index in [9.17, 15) is 4.79 Å². The van der Waals surface area contributed by atoms with Gasteiger partial charge in [-0.15, -0.1) is 0 Å². The number of hydrogen-bond donors (Lipinski definition) is 0. The lowest BCUT2D eigenvalue weighted by Gasteiger charge is -2.13. The normalized spacial score (nSPS) is 20.2. The molecule has 0 radical (unpaired) electrons. The Hall–Kier alpha value is -1.16. The first-order chi connectivity index (χ1) is 7.63. The smallest absolute Gasteiger partial charge is 0.256 e. The molecule has 4 heteroatoms. The van der Waals surface area contributed by atoms with E-state index >= 15 is 0 Å². The summed E-state index contributed by atoms with van der Waals surface area (Å²) in [5.41, 5.74) is 1.71. The monoisotopic (exact) mass is 280 g/mol. The first-order valence-corrected chi connectivity index (χ1v) is 6.07. The van der Waals surface area contributed by atoms with Gasteiger partial charge >= 0.3 is 0 Å². The van der Waals surface area contributed by atoms with Gasteiger partial charge in [0, 0.05) is 10.2 Å². The predicted octanol–water partition coefficient (Wildman–Crippen LogP) is 3.20. The van der Waals surface area contributed by atoms with E-state index in [1.54, 1.807) is 0 Å². The molecule has 16 heavy (non-hydrogen) atoms. The van der Waals surface area contributed by atoms with Gasteiger partial charge in [-0.3, -0.25) is 4.79 Å². The Balaban J connectivity index is 2.34. The third-order valence-electron chi connectivity index (χ3n) is 2.73. The molecule has 1 aromatic rings. The van der Waals surface area contributed by atoms with Gasteiger partial charge in [0.05, 0.1) is 11.6 Å². The standard InChI is InChI=1S/C12H13BrN2O/c1-3-11-8(2)14-15(12(11)16)10-6-4-5-9(13)7-10/h4-7,11H,3H2,1-2H3. The number of halogens is 1. The topological polar surface area (TPSA) is 32.7 Å². The Morgan fingerprint density at radius 2 is 2.25 bits per heavy atom. The third kappa shape index (κ3) is 1.89. The summed E-state index contributed by atoms with van der Waals surface area (Å²) in [4.78, 5) is 12.1. The minimum atomic E-state index is -0.0565. The Kier molecular flexibility index (Phi) is 3.10. The molecule has 0 spiro atoms. The third-order valence-corrected chi connectivity index (χ3v) is 3.22. The summed E-state index contributed by atoms with van der Waals surface area (Å²) in [6, 6.07) is 7.61. The van der Waals surface area contributed by atoms with Gasteiger partial charge in [0.2, 0.25) is 0 Å². The molecule has 1 atom stereocenters. The number of amides is 1. The molecule has 1 amide bonds. The number of rotatable bonds is 2. The molecule has 1 heterocycles. The zero-order valence-electron chi connectivity index (χ0n) is 9.27. The van der Waals surface area contributed by atoms with E-state index in [4.69, 9.17) is 0 Å². The fraction of sp³-hybridized carbons (Fsp3) is 0.333. The molecular weight excluding hydrogens is 268 g/mol. The molecule has 0 saturated carbocycles. The van der Waals surface area contributed by atoms with E-state index in [-0.39, 0.29) is 11.8 Å². The van der Waals surface area contributed by atoms with Crippen LogP contribution >= 0.6 is 15.9 Å². The maximum atomic E-state index is 12.1. The van der Waals surface area contributed by atoms with Crippen LogP contribution in [0, 0.1) is 5.92 Å². The van der Waals surface area contributed by atoms with E-state index in [1.807, 2.05) is 38.1 Å². The molecule has 0 aromatic heterocycles. The van der Waals surface area contributed by atoms with E-state index in [0.717, 1.165) is 22.3 Å². The Morgan fingerprint density at radius 1 is 1.50 bits per heavy atom. The number of carbonyl (C=O) groups is 1. The number of benzene rings is 1. The molecule has 0 fully saturated rings. The van der Waals surface area contributed by atoms with Crippen molar-refractivity contribution in [2.45, 2.75) is 20.3 Å². The second-order valence-corrected chi connectivity index (χ2v) is 4.75. The minimum absolute atomic E-state index is 0.0565. The molecule has 0 bridgehead atoms. The lowest BCUT2D eigenvalue weighted by molar-refractivity contribution is -0.119.